The monoisotopic (exact) mass is 556 g/mol. The highest BCUT2D eigenvalue weighted by atomic mass is 127. The van der Waals surface area contributed by atoms with Crippen LogP contribution in [0.3, 0.4) is 0 Å². The Balaban J connectivity index is 0.00000363. The number of halogens is 2. The van der Waals surface area contributed by atoms with E-state index in [0.717, 1.165) is 23.4 Å². The zero-order chi connectivity index (χ0) is 22.1. The summed E-state index contributed by atoms with van der Waals surface area (Å²) in [5.41, 5.74) is 3.03. The molecular formula is C24H34FIN4O2. The van der Waals surface area contributed by atoms with Crippen LogP contribution in [0, 0.1) is 11.7 Å². The highest BCUT2D eigenvalue weighted by Gasteiger charge is 2.22. The Morgan fingerprint density at radius 2 is 1.94 bits per heavy atom. The summed E-state index contributed by atoms with van der Waals surface area (Å²) >= 11 is 0. The molecule has 0 amide bonds. The maximum absolute atomic E-state index is 14.4. The van der Waals surface area contributed by atoms with Crippen molar-refractivity contribution in [3.63, 3.8) is 0 Å². The minimum absolute atomic E-state index is 0. The lowest BCUT2D eigenvalue weighted by molar-refractivity contribution is 0.211. The number of ether oxygens (including phenoxy) is 2. The van der Waals surface area contributed by atoms with Gasteiger partial charge in [0.1, 0.15) is 0 Å². The first-order valence-corrected chi connectivity index (χ1v) is 10.8. The lowest BCUT2D eigenvalue weighted by Gasteiger charge is -2.19. The topological polar surface area (TPSA) is 66.9 Å². The van der Waals surface area contributed by atoms with E-state index in [2.05, 4.69) is 33.1 Å². The summed E-state index contributed by atoms with van der Waals surface area (Å²) in [5, 5.41) is 9.91. The van der Waals surface area contributed by atoms with E-state index in [1.165, 1.54) is 18.9 Å². The number of anilines is 1. The molecule has 0 spiro atoms. The van der Waals surface area contributed by atoms with Crippen molar-refractivity contribution >= 4 is 35.6 Å². The van der Waals surface area contributed by atoms with Gasteiger partial charge in [0.2, 0.25) is 0 Å². The third kappa shape index (κ3) is 8.46. The summed E-state index contributed by atoms with van der Waals surface area (Å²) in [6.45, 7) is 4.66. The summed E-state index contributed by atoms with van der Waals surface area (Å²) in [6, 6.07) is 13.2. The van der Waals surface area contributed by atoms with Crippen LogP contribution in [0.15, 0.2) is 47.5 Å². The Bertz CT molecular complexity index is 860. The molecule has 2 aromatic carbocycles. The lowest BCUT2D eigenvalue weighted by atomic mass is 10.1. The number of rotatable bonds is 11. The quantitative estimate of drug-likeness (QED) is 0.162. The van der Waals surface area contributed by atoms with Crippen molar-refractivity contribution in [3.8, 4) is 5.75 Å². The zero-order valence-electron chi connectivity index (χ0n) is 19.0. The Morgan fingerprint density at radius 3 is 2.56 bits per heavy atom. The van der Waals surface area contributed by atoms with E-state index in [1.807, 2.05) is 25.1 Å². The first-order chi connectivity index (χ1) is 15.1. The largest absolute Gasteiger partial charge is 0.490 e. The number of guanidine groups is 1. The van der Waals surface area contributed by atoms with Gasteiger partial charge >= 0.3 is 0 Å². The van der Waals surface area contributed by atoms with Crippen molar-refractivity contribution in [2.75, 3.05) is 39.2 Å². The van der Waals surface area contributed by atoms with E-state index in [4.69, 9.17) is 9.47 Å². The second kappa shape index (κ2) is 13.5. The van der Waals surface area contributed by atoms with Gasteiger partial charge in [0, 0.05) is 32.9 Å². The molecule has 3 N–H and O–H groups in total. The Morgan fingerprint density at radius 1 is 1.19 bits per heavy atom. The van der Waals surface area contributed by atoms with Crippen LogP contribution in [0.4, 0.5) is 10.1 Å². The van der Waals surface area contributed by atoms with E-state index in [-0.39, 0.29) is 35.8 Å². The minimum atomic E-state index is -0.325. The van der Waals surface area contributed by atoms with Crippen molar-refractivity contribution in [3.05, 3.63) is 59.4 Å². The Labute approximate surface area is 207 Å². The molecule has 176 valence electrons. The number of benzene rings is 2. The van der Waals surface area contributed by atoms with Crippen molar-refractivity contribution < 1.29 is 13.9 Å². The second-order valence-electron chi connectivity index (χ2n) is 7.85. The standard InChI is InChI=1S/C24H33FN4O2.HI/c1-17(20-8-11-23(22(25)14-20)31-16-19-4-5-19)29-24(26-2)28-15-18-6-9-21(10-7-18)27-12-13-30-3;/h6-11,14,17,19,27H,4-5,12-13,15-16H2,1-3H3,(H2,26,28,29);1H. The molecule has 0 heterocycles. The van der Waals surface area contributed by atoms with Crippen molar-refractivity contribution in [1.82, 2.24) is 10.6 Å². The second-order valence-corrected chi connectivity index (χ2v) is 7.85. The van der Waals surface area contributed by atoms with Crippen LogP contribution in [0.2, 0.25) is 0 Å². The molecule has 1 atom stereocenters. The smallest absolute Gasteiger partial charge is 0.191 e. The average Bonchev–Trinajstić information content (AvgIpc) is 3.61. The molecule has 1 saturated carbocycles. The minimum Gasteiger partial charge on any atom is -0.490 e. The van der Waals surface area contributed by atoms with Crippen LogP contribution in [-0.4, -0.2) is 39.9 Å². The molecule has 0 bridgehead atoms. The fraction of sp³-hybridized carbons (Fsp3) is 0.458. The maximum atomic E-state index is 14.4. The van der Waals surface area contributed by atoms with Gasteiger partial charge in [-0.2, -0.15) is 0 Å². The summed E-state index contributed by atoms with van der Waals surface area (Å²) < 4.78 is 25.0. The van der Waals surface area contributed by atoms with Crippen LogP contribution < -0.4 is 20.7 Å². The Kier molecular flexibility index (Phi) is 11.0. The molecule has 1 aliphatic rings. The molecule has 6 nitrogen and oxygen atoms in total. The fourth-order valence-corrected chi connectivity index (χ4v) is 3.10. The van der Waals surface area contributed by atoms with Crippen LogP contribution >= 0.6 is 24.0 Å². The first kappa shape index (κ1) is 26.2. The van der Waals surface area contributed by atoms with Gasteiger partial charge in [-0.15, -0.1) is 24.0 Å². The molecule has 2 aromatic rings. The predicted octanol–water partition coefficient (Wildman–Crippen LogP) is 4.72. The number of hydrogen-bond donors (Lipinski definition) is 3. The number of nitrogens with one attached hydrogen (secondary N) is 3. The summed E-state index contributed by atoms with van der Waals surface area (Å²) in [7, 11) is 3.41. The van der Waals surface area contributed by atoms with E-state index < -0.39 is 0 Å². The summed E-state index contributed by atoms with van der Waals surface area (Å²) in [5.74, 6) is 1.25. The SMILES string of the molecule is CN=C(NCc1ccc(NCCOC)cc1)NC(C)c1ccc(OCC2CC2)c(F)c1.I. The van der Waals surface area contributed by atoms with E-state index in [9.17, 15) is 4.39 Å². The molecule has 1 aliphatic carbocycles. The van der Waals surface area contributed by atoms with Crippen LogP contribution in [-0.2, 0) is 11.3 Å². The van der Waals surface area contributed by atoms with Gasteiger partial charge < -0.3 is 25.4 Å². The highest BCUT2D eigenvalue weighted by molar-refractivity contribution is 14.0. The maximum Gasteiger partial charge on any atom is 0.191 e. The van der Waals surface area contributed by atoms with Crippen molar-refractivity contribution in [2.45, 2.75) is 32.4 Å². The van der Waals surface area contributed by atoms with E-state index in [0.29, 0.717) is 37.4 Å². The molecule has 1 fully saturated rings. The molecule has 0 aliphatic heterocycles. The average molecular weight is 556 g/mol. The molecule has 0 saturated heterocycles. The van der Waals surface area contributed by atoms with Gasteiger partial charge in [-0.25, -0.2) is 4.39 Å². The highest BCUT2D eigenvalue weighted by Crippen LogP contribution is 2.30. The third-order valence-corrected chi connectivity index (χ3v) is 5.25. The van der Waals surface area contributed by atoms with E-state index in [1.54, 1.807) is 20.2 Å². The number of methoxy groups -OCH3 is 1. The molecule has 0 aromatic heterocycles. The number of hydrogen-bond acceptors (Lipinski definition) is 4. The van der Waals surface area contributed by atoms with Gasteiger partial charge in [-0.1, -0.05) is 18.2 Å². The molecule has 3 rings (SSSR count). The third-order valence-electron chi connectivity index (χ3n) is 5.25. The zero-order valence-corrected chi connectivity index (χ0v) is 21.3. The first-order valence-electron chi connectivity index (χ1n) is 10.8. The van der Waals surface area contributed by atoms with Gasteiger partial charge in [0.25, 0.3) is 0 Å². The molecule has 1 unspecified atom stereocenters. The number of nitrogens with zero attached hydrogens (tertiary/aromatic N) is 1. The molecule has 8 heteroatoms. The normalized spacial score (nSPS) is 14.3. The fourth-order valence-electron chi connectivity index (χ4n) is 3.10. The van der Waals surface area contributed by atoms with Gasteiger partial charge in [-0.05, 0) is 61.1 Å². The lowest BCUT2D eigenvalue weighted by Crippen LogP contribution is -2.38. The Hall–Kier alpha value is -2.07. The van der Waals surface area contributed by atoms with Crippen molar-refractivity contribution in [1.29, 1.82) is 0 Å². The molecule has 32 heavy (non-hydrogen) atoms. The summed E-state index contributed by atoms with van der Waals surface area (Å²) in [4.78, 5) is 4.28. The van der Waals surface area contributed by atoms with Crippen LogP contribution in [0.1, 0.15) is 36.9 Å². The van der Waals surface area contributed by atoms with Crippen LogP contribution in [0.25, 0.3) is 0 Å². The molecule has 0 radical (unpaired) electrons. The summed E-state index contributed by atoms with van der Waals surface area (Å²) in [6.07, 6.45) is 2.37. The van der Waals surface area contributed by atoms with Gasteiger partial charge in [0.15, 0.2) is 17.5 Å². The van der Waals surface area contributed by atoms with E-state index >= 15 is 0 Å². The van der Waals surface area contributed by atoms with Crippen LogP contribution in [0.5, 0.6) is 5.75 Å². The van der Waals surface area contributed by atoms with Gasteiger partial charge in [-0.3, -0.25) is 4.99 Å². The molecular weight excluding hydrogens is 522 g/mol. The predicted molar refractivity (Wildman–Crippen MR) is 139 cm³/mol. The van der Waals surface area contributed by atoms with Crippen molar-refractivity contribution in [2.24, 2.45) is 10.9 Å². The van der Waals surface area contributed by atoms with Gasteiger partial charge in [0.05, 0.1) is 19.3 Å². The number of aliphatic imine (C=N–C) groups is 1.